The van der Waals surface area contributed by atoms with Crippen LogP contribution in [0.3, 0.4) is 0 Å². The normalized spacial score (nSPS) is 13.4. The van der Waals surface area contributed by atoms with Gasteiger partial charge in [-0.05, 0) is 25.0 Å². The zero-order valence-corrected chi connectivity index (χ0v) is 10.7. The topological polar surface area (TPSA) is 72.2 Å². The molecule has 1 aromatic carbocycles. The number of benzene rings is 1. The van der Waals surface area contributed by atoms with Gasteiger partial charge in [0, 0.05) is 6.54 Å². The van der Waals surface area contributed by atoms with Gasteiger partial charge in [-0.3, -0.25) is 4.72 Å². The van der Waals surface area contributed by atoms with E-state index < -0.39 is 21.1 Å². The molecule has 6 heteroatoms. The van der Waals surface area contributed by atoms with Gasteiger partial charge in [0.25, 0.3) is 0 Å². The van der Waals surface area contributed by atoms with E-state index in [9.17, 15) is 12.8 Å². The van der Waals surface area contributed by atoms with E-state index in [-0.39, 0.29) is 12.2 Å². The molecule has 3 N–H and O–H groups in total. The minimum absolute atomic E-state index is 0.000556. The van der Waals surface area contributed by atoms with Crippen LogP contribution in [0.1, 0.15) is 18.9 Å². The molecule has 0 aromatic heterocycles. The molecule has 0 heterocycles. The van der Waals surface area contributed by atoms with Crippen LogP contribution in [0.2, 0.25) is 0 Å². The van der Waals surface area contributed by atoms with Crippen LogP contribution >= 0.6 is 0 Å². The molecule has 0 spiro atoms. The molecule has 0 aliphatic rings. The van der Waals surface area contributed by atoms with Crippen LogP contribution in [-0.2, 0) is 10.0 Å². The fourth-order valence-corrected chi connectivity index (χ4v) is 2.90. The third-order valence-corrected chi connectivity index (χ3v) is 4.52. The van der Waals surface area contributed by atoms with Gasteiger partial charge in [-0.1, -0.05) is 19.1 Å². The summed E-state index contributed by atoms with van der Waals surface area (Å²) in [5.41, 5.74) is 5.93. The average molecular weight is 260 g/mol. The first kappa shape index (κ1) is 13.9. The molecule has 0 saturated heterocycles. The number of aryl methyl sites for hydroxylation is 1. The van der Waals surface area contributed by atoms with Crippen LogP contribution in [0.15, 0.2) is 18.2 Å². The predicted molar refractivity (Wildman–Crippen MR) is 66.8 cm³/mol. The number of nitrogens with two attached hydrogens (primary N) is 1. The van der Waals surface area contributed by atoms with Crippen molar-refractivity contribution in [3.8, 4) is 0 Å². The number of hydrogen-bond donors (Lipinski definition) is 2. The Morgan fingerprint density at radius 2 is 2.12 bits per heavy atom. The molecule has 0 aliphatic carbocycles. The van der Waals surface area contributed by atoms with Gasteiger partial charge in [0.05, 0.1) is 10.9 Å². The van der Waals surface area contributed by atoms with Gasteiger partial charge in [-0.2, -0.15) is 0 Å². The fourth-order valence-electron chi connectivity index (χ4n) is 1.50. The second kappa shape index (κ2) is 5.46. The summed E-state index contributed by atoms with van der Waals surface area (Å²) in [5, 5.41) is -0.707. The molecule has 0 fully saturated rings. The highest BCUT2D eigenvalue weighted by atomic mass is 32.2. The monoisotopic (exact) mass is 260 g/mol. The molecule has 1 rings (SSSR count). The summed E-state index contributed by atoms with van der Waals surface area (Å²) in [6.45, 7) is 3.38. The molecule has 1 atom stereocenters. The summed E-state index contributed by atoms with van der Waals surface area (Å²) in [6, 6.07) is 4.39. The Balaban J connectivity index is 3.06. The predicted octanol–water partition coefficient (Wildman–Crippen LogP) is 1.61. The van der Waals surface area contributed by atoms with Crippen molar-refractivity contribution in [2.45, 2.75) is 25.5 Å². The Morgan fingerprint density at radius 1 is 1.47 bits per heavy atom. The van der Waals surface area contributed by atoms with Crippen molar-refractivity contribution in [2.24, 2.45) is 5.73 Å². The molecule has 17 heavy (non-hydrogen) atoms. The lowest BCUT2D eigenvalue weighted by Gasteiger charge is -2.17. The zero-order chi connectivity index (χ0) is 13.1. The molecule has 0 bridgehead atoms. The lowest BCUT2D eigenvalue weighted by atomic mass is 10.2. The lowest BCUT2D eigenvalue weighted by Crippen LogP contribution is -2.34. The Kier molecular flexibility index (Phi) is 4.47. The van der Waals surface area contributed by atoms with Crippen molar-refractivity contribution >= 4 is 15.7 Å². The third-order valence-electron chi connectivity index (χ3n) is 2.62. The maximum atomic E-state index is 13.5. The van der Waals surface area contributed by atoms with E-state index in [1.165, 1.54) is 12.1 Å². The number of halogens is 1. The summed E-state index contributed by atoms with van der Waals surface area (Å²) in [5.74, 6) is -0.583. The van der Waals surface area contributed by atoms with Crippen molar-refractivity contribution < 1.29 is 12.8 Å². The van der Waals surface area contributed by atoms with Crippen molar-refractivity contribution in [1.82, 2.24) is 0 Å². The van der Waals surface area contributed by atoms with Crippen LogP contribution < -0.4 is 10.5 Å². The number of rotatable bonds is 5. The molecular formula is C11H17FN2O2S. The van der Waals surface area contributed by atoms with E-state index in [0.29, 0.717) is 12.0 Å². The number of hydrogen-bond acceptors (Lipinski definition) is 3. The van der Waals surface area contributed by atoms with Crippen LogP contribution in [0.5, 0.6) is 0 Å². The van der Waals surface area contributed by atoms with Gasteiger partial charge in [-0.15, -0.1) is 0 Å². The summed E-state index contributed by atoms with van der Waals surface area (Å²) < 4.78 is 39.6. The molecule has 1 aromatic rings. The van der Waals surface area contributed by atoms with Crippen LogP contribution in [0.25, 0.3) is 0 Å². The van der Waals surface area contributed by atoms with E-state index in [2.05, 4.69) is 4.72 Å². The number of sulfonamides is 1. The zero-order valence-electron chi connectivity index (χ0n) is 9.90. The van der Waals surface area contributed by atoms with Gasteiger partial charge in [0.15, 0.2) is 0 Å². The van der Waals surface area contributed by atoms with Crippen LogP contribution in [0, 0.1) is 12.7 Å². The van der Waals surface area contributed by atoms with Gasteiger partial charge in [-0.25, -0.2) is 12.8 Å². The molecule has 0 aliphatic heterocycles. The lowest BCUT2D eigenvalue weighted by molar-refractivity contribution is 0.579. The summed E-state index contributed by atoms with van der Waals surface area (Å²) in [4.78, 5) is 0. The van der Waals surface area contributed by atoms with E-state index in [1.54, 1.807) is 19.9 Å². The SMILES string of the molecule is CCC(CN)S(=O)(=O)Nc1c(C)cccc1F. The molecule has 1 unspecified atom stereocenters. The van der Waals surface area contributed by atoms with Gasteiger partial charge in [0.1, 0.15) is 5.82 Å². The number of para-hydroxylation sites is 1. The Labute approximate surface area is 101 Å². The molecule has 0 saturated carbocycles. The second-order valence-corrected chi connectivity index (χ2v) is 5.81. The first-order valence-electron chi connectivity index (χ1n) is 5.39. The minimum atomic E-state index is -3.64. The first-order valence-corrected chi connectivity index (χ1v) is 6.93. The highest BCUT2D eigenvalue weighted by molar-refractivity contribution is 7.93. The molecule has 0 amide bonds. The highest BCUT2D eigenvalue weighted by Gasteiger charge is 2.23. The van der Waals surface area contributed by atoms with Crippen molar-refractivity contribution in [3.05, 3.63) is 29.6 Å². The van der Waals surface area contributed by atoms with Gasteiger partial charge < -0.3 is 5.73 Å². The maximum Gasteiger partial charge on any atom is 0.236 e. The number of nitrogens with one attached hydrogen (secondary N) is 1. The van der Waals surface area contributed by atoms with E-state index in [1.807, 2.05) is 0 Å². The summed E-state index contributed by atoms with van der Waals surface area (Å²) in [7, 11) is -3.64. The van der Waals surface area contributed by atoms with E-state index >= 15 is 0 Å². The van der Waals surface area contributed by atoms with Crippen LogP contribution in [0.4, 0.5) is 10.1 Å². The second-order valence-electron chi connectivity index (χ2n) is 3.84. The van der Waals surface area contributed by atoms with Crippen LogP contribution in [-0.4, -0.2) is 20.2 Å². The largest absolute Gasteiger partial charge is 0.329 e. The minimum Gasteiger partial charge on any atom is -0.329 e. The third kappa shape index (κ3) is 3.17. The fraction of sp³-hybridized carbons (Fsp3) is 0.455. The van der Waals surface area contributed by atoms with Gasteiger partial charge in [0.2, 0.25) is 10.0 Å². The summed E-state index contributed by atoms with van der Waals surface area (Å²) in [6.07, 6.45) is 0.388. The Bertz CT molecular complexity index is 464. The van der Waals surface area contributed by atoms with Gasteiger partial charge >= 0.3 is 0 Å². The maximum absolute atomic E-state index is 13.5. The molecular weight excluding hydrogens is 243 g/mol. The molecule has 96 valence electrons. The Morgan fingerprint density at radius 3 is 2.59 bits per heavy atom. The standard InChI is InChI=1S/C11H17FN2O2S/c1-3-9(7-13)17(15,16)14-11-8(2)5-4-6-10(11)12/h4-6,9,14H,3,7,13H2,1-2H3. The average Bonchev–Trinajstić information content (AvgIpc) is 2.25. The van der Waals surface area contributed by atoms with E-state index in [0.717, 1.165) is 0 Å². The molecule has 4 nitrogen and oxygen atoms in total. The summed E-state index contributed by atoms with van der Waals surface area (Å²) >= 11 is 0. The first-order chi connectivity index (χ1) is 7.92. The smallest absolute Gasteiger partial charge is 0.236 e. The van der Waals surface area contributed by atoms with Crippen molar-refractivity contribution in [1.29, 1.82) is 0 Å². The highest BCUT2D eigenvalue weighted by Crippen LogP contribution is 2.21. The number of anilines is 1. The Hall–Kier alpha value is -1.14. The van der Waals surface area contributed by atoms with Crippen molar-refractivity contribution in [3.63, 3.8) is 0 Å². The quantitative estimate of drug-likeness (QED) is 0.845. The van der Waals surface area contributed by atoms with E-state index in [4.69, 9.17) is 5.73 Å². The molecule has 0 radical (unpaired) electrons. The van der Waals surface area contributed by atoms with Crippen molar-refractivity contribution in [2.75, 3.05) is 11.3 Å².